The highest BCUT2D eigenvalue weighted by Gasteiger charge is 2.31. The summed E-state index contributed by atoms with van der Waals surface area (Å²) in [5.74, 6) is 0.320. The molecule has 136 valence electrons. The van der Waals surface area contributed by atoms with E-state index in [9.17, 15) is 8.42 Å². The van der Waals surface area contributed by atoms with Crippen molar-refractivity contribution in [3.8, 4) is 0 Å². The number of thiazole rings is 1. The molecule has 1 fully saturated rings. The van der Waals surface area contributed by atoms with E-state index in [0.29, 0.717) is 24.0 Å². The lowest BCUT2D eigenvalue weighted by atomic mass is 9.99. The summed E-state index contributed by atoms with van der Waals surface area (Å²) in [5, 5.41) is 1.59. The van der Waals surface area contributed by atoms with Crippen molar-refractivity contribution in [1.82, 2.24) is 9.29 Å². The maximum Gasteiger partial charge on any atom is 0.243 e. The third-order valence-corrected chi connectivity index (χ3v) is 8.40. The number of nitrogens with zero attached hydrogens (tertiary/aromatic N) is 2. The highest BCUT2D eigenvalue weighted by Crippen LogP contribution is 2.35. The molecule has 7 heteroatoms. The first kappa shape index (κ1) is 17.9. The minimum Gasteiger partial charge on any atom is -0.241 e. The van der Waals surface area contributed by atoms with Crippen molar-refractivity contribution in [3.63, 3.8) is 0 Å². The minimum atomic E-state index is -3.50. The fourth-order valence-corrected chi connectivity index (χ4v) is 6.17. The molecule has 3 aromatic rings. The van der Waals surface area contributed by atoms with Gasteiger partial charge in [-0.3, -0.25) is 0 Å². The number of hydrogen-bond donors (Lipinski definition) is 0. The largest absolute Gasteiger partial charge is 0.243 e. The van der Waals surface area contributed by atoms with Gasteiger partial charge in [0.25, 0.3) is 0 Å². The number of piperidine rings is 1. The highest BCUT2D eigenvalue weighted by molar-refractivity contribution is 7.89. The molecule has 0 bridgehead atoms. The monoisotopic (exact) mass is 406 g/mol. The third kappa shape index (κ3) is 3.27. The predicted molar refractivity (Wildman–Crippen MR) is 107 cm³/mol. The average molecular weight is 407 g/mol. The van der Waals surface area contributed by atoms with Crippen LogP contribution in [-0.2, 0) is 10.0 Å². The smallest absolute Gasteiger partial charge is 0.241 e. The minimum absolute atomic E-state index is 0.270. The van der Waals surface area contributed by atoms with Crippen LogP contribution in [0, 0.1) is 6.92 Å². The number of sulfonamides is 1. The molecule has 4 rings (SSSR count). The Morgan fingerprint density at radius 1 is 1.15 bits per heavy atom. The number of aryl methyl sites for hydroxylation is 1. The van der Waals surface area contributed by atoms with Crippen LogP contribution in [0.3, 0.4) is 0 Å². The van der Waals surface area contributed by atoms with Crippen molar-refractivity contribution in [2.75, 3.05) is 13.1 Å². The van der Waals surface area contributed by atoms with E-state index in [0.717, 1.165) is 28.9 Å². The van der Waals surface area contributed by atoms with Crippen LogP contribution < -0.4 is 0 Å². The lowest BCUT2D eigenvalue weighted by molar-refractivity contribution is 0.319. The molecule has 0 aliphatic carbocycles. The fraction of sp³-hybridized carbons (Fsp3) is 0.316. The summed E-state index contributed by atoms with van der Waals surface area (Å²) in [4.78, 5) is 5.01. The second-order valence-electron chi connectivity index (χ2n) is 6.61. The summed E-state index contributed by atoms with van der Waals surface area (Å²) in [7, 11) is -3.50. The van der Waals surface area contributed by atoms with E-state index in [1.807, 2.05) is 25.1 Å². The summed E-state index contributed by atoms with van der Waals surface area (Å²) in [6, 6.07) is 13.1. The zero-order valence-corrected chi connectivity index (χ0v) is 16.7. The molecule has 0 radical (unpaired) electrons. The van der Waals surface area contributed by atoms with Crippen molar-refractivity contribution in [2.24, 2.45) is 0 Å². The van der Waals surface area contributed by atoms with Gasteiger partial charge in [-0.2, -0.15) is 4.31 Å². The molecule has 26 heavy (non-hydrogen) atoms. The number of rotatable bonds is 3. The number of hydrogen-bond acceptors (Lipinski definition) is 4. The molecule has 2 heterocycles. The molecule has 0 saturated carbocycles. The first-order valence-corrected chi connectivity index (χ1v) is 11.2. The van der Waals surface area contributed by atoms with Gasteiger partial charge < -0.3 is 0 Å². The van der Waals surface area contributed by atoms with Gasteiger partial charge in [0, 0.05) is 24.0 Å². The van der Waals surface area contributed by atoms with E-state index >= 15 is 0 Å². The van der Waals surface area contributed by atoms with Gasteiger partial charge >= 0.3 is 0 Å². The number of halogens is 1. The zero-order valence-electron chi connectivity index (χ0n) is 14.4. The van der Waals surface area contributed by atoms with Gasteiger partial charge in [-0.05, 0) is 49.6 Å². The van der Waals surface area contributed by atoms with E-state index in [1.165, 1.54) is 4.70 Å². The van der Waals surface area contributed by atoms with E-state index in [-0.39, 0.29) is 4.90 Å². The Balaban J connectivity index is 1.51. The number of aromatic nitrogens is 1. The standard InChI is InChI=1S/C19H19ClN2O2S2/c1-13-6-7-15(12-16(13)20)26(23,24)22-10-8-14(9-11-22)19-21-17-4-2-3-5-18(17)25-19/h2-7,12,14H,8-11H2,1H3. The summed E-state index contributed by atoms with van der Waals surface area (Å²) < 4.78 is 28.5. The van der Waals surface area contributed by atoms with Gasteiger partial charge in [0.2, 0.25) is 10.0 Å². The first-order chi connectivity index (χ1) is 12.4. The maximum atomic E-state index is 12.9. The van der Waals surface area contributed by atoms with Gasteiger partial charge in [0.15, 0.2) is 0 Å². The molecule has 1 aromatic heterocycles. The maximum absolute atomic E-state index is 12.9. The number of benzene rings is 2. The topological polar surface area (TPSA) is 50.3 Å². The van der Waals surface area contributed by atoms with Gasteiger partial charge in [0.05, 0.1) is 20.1 Å². The van der Waals surface area contributed by atoms with Crippen molar-refractivity contribution in [1.29, 1.82) is 0 Å². The molecule has 1 saturated heterocycles. The Morgan fingerprint density at radius 3 is 2.58 bits per heavy atom. The number of fused-ring (bicyclic) bond motifs is 1. The van der Waals surface area contributed by atoms with E-state index in [2.05, 4.69) is 6.07 Å². The van der Waals surface area contributed by atoms with Crippen LogP contribution in [-0.4, -0.2) is 30.8 Å². The SMILES string of the molecule is Cc1ccc(S(=O)(=O)N2CCC(c3nc4ccccc4s3)CC2)cc1Cl. The van der Waals surface area contributed by atoms with E-state index in [4.69, 9.17) is 16.6 Å². The van der Waals surface area contributed by atoms with Crippen molar-refractivity contribution in [2.45, 2.75) is 30.6 Å². The summed E-state index contributed by atoms with van der Waals surface area (Å²) in [5.41, 5.74) is 1.90. The quantitative estimate of drug-likeness (QED) is 0.626. The van der Waals surface area contributed by atoms with E-state index < -0.39 is 10.0 Å². The molecule has 0 spiro atoms. The highest BCUT2D eigenvalue weighted by atomic mass is 35.5. The number of para-hydroxylation sites is 1. The normalized spacial score (nSPS) is 17.0. The van der Waals surface area contributed by atoms with Crippen LogP contribution >= 0.6 is 22.9 Å². The molecular formula is C19H19ClN2O2S2. The van der Waals surface area contributed by atoms with Crippen LogP contribution in [0.25, 0.3) is 10.2 Å². The Morgan fingerprint density at radius 2 is 1.88 bits per heavy atom. The third-order valence-electron chi connectivity index (χ3n) is 4.89. The molecule has 0 unspecified atom stereocenters. The Labute approximate surface area is 162 Å². The van der Waals surface area contributed by atoms with Gasteiger partial charge in [0.1, 0.15) is 0 Å². The van der Waals surface area contributed by atoms with Crippen molar-refractivity contribution >= 4 is 43.2 Å². The summed E-state index contributed by atoms with van der Waals surface area (Å²) in [6.45, 7) is 2.88. The predicted octanol–water partition coefficient (Wildman–Crippen LogP) is 4.83. The summed E-state index contributed by atoms with van der Waals surface area (Å²) >= 11 is 7.83. The molecule has 0 atom stereocenters. The zero-order chi connectivity index (χ0) is 18.3. The van der Waals surface area contributed by atoms with Crippen LogP contribution in [0.4, 0.5) is 0 Å². The second-order valence-corrected chi connectivity index (χ2v) is 10.0. The van der Waals surface area contributed by atoms with Crippen LogP contribution in [0.15, 0.2) is 47.4 Å². The molecule has 4 nitrogen and oxygen atoms in total. The molecule has 0 amide bonds. The van der Waals surface area contributed by atoms with Crippen molar-refractivity contribution in [3.05, 3.63) is 58.1 Å². The van der Waals surface area contributed by atoms with Crippen LogP contribution in [0.2, 0.25) is 5.02 Å². The fourth-order valence-electron chi connectivity index (χ4n) is 3.29. The van der Waals surface area contributed by atoms with Crippen molar-refractivity contribution < 1.29 is 8.42 Å². The molecule has 2 aromatic carbocycles. The molecule has 1 aliphatic heterocycles. The molecule has 1 aliphatic rings. The molecule has 0 N–H and O–H groups in total. The molecular weight excluding hydrogens is 388 g/mol. The van der Waals surface area contributed by atoms with E-state index in [1.54, 1.807) is 33.8 Å². The Bertz CT molecular complexity index is 1020. The first-order valence-electron chi connectivity index (χ1n) is 8.57. The Hall–Kier alpha value is -1.47. The van der Waals surface area contributed by atoms with Gasteiger partial charge in [-0.1, -0.05) is 29.8 Å². The van der Waals surface area contributed by atoms with Gasteiger partial charge in [-0.25, -0.2) is 13.4 Å². The lowest BCUT2D eigenvalue weighted by Crippen LogP contribution is -2.37. The lowest BCUT2D eigenvalue weighted by Gasteiger charge is -2.30. The average Bonchev–Trinajstić information content (AvgIpc) is 3.08. The second kappa shape index (κ2) is 6.93. The van der Waals surface area contributed by atoms with Gasteiger partial charge in [-0.15, -0.1) is 11.3 Å². The van der Waals surface area contributed by atoms with Crippen LogP contribution in [0.1, 0.15) is 29.3 Å². The summed E-state index contributed by atoms with van der Waals surface area (Å²) in [6.07, 6.45) is 1.58. The Kier molecular flexibility index (Phi) is 4.77. The van der Waals surface area contributed by atoms with Crippen LogP contribution in [0.5, 0.6) is 0 Å².